The molecule has 130 valence electrons. The van der Waals surface area contributed by atoms with Gasteiger partial charge in [0, 0.05) is 17.1 Å². The Kier molecular flexibility index (Phi) is 7.83. The third-order valence-electron chi connectivity index (χ3n) is 5.00. The van der Waals surface area contributed by atoms with Gasteiger partial charge in [-0.2, -0.15) is 0 Å². The number of halogens is 2. The molecule has 0 spiro atoms. The molecule has 3 nitrogen and oxygen atoms in total. The average Bonchev–Trinajstić information content (AvgIpc) is 2.91. The quantitative estimate of drug-likeness (QED) is 0.800. The molecule has 1 aromatic carbocycles. The van der Waals surface area contributed by atoms with Crippen molar-refractivity contribution < 1.29 is 9.84 Å². The molecule has 1 saturated carbocycles. The molecule has 5 heteroatoms. The third kappa shape index (κ3) is 4.93. The fourth-order valence-electron chi connectivity index (χ4n) is 3.77. The van der Waals surface area contributed by atoms with Crippen LogP contribution in [0.5, 0.6) is 0 Å². The summed E-state index contributed by atoms with van der Waals surface area (Å²) in [6.45, 7) is 1.64. The summed E-state index contributed by atoms with van der Waals surface area (Å²) in [5.74, 6) is 0. The van der Waals surface area contributed by atoms with Gasteiger partial charge in [-0.1, -0.05) is 53.4 Å². The van der Waals surface area contributed by atoms with Gasteiger partial charge in [0.1, 0.15) is 6.23 Å². The molecule has 1 aromatic rings. The zero-order valence-corrected chi connectivity index (χ0v) is 15.9. The van der Waals surface area contributed by atoms with Crippen LogP contribution >= 0.6 is 28.3 Å². The van der Waals surface area contributed by atoms with Crippen LogP contribution in [0, 0.1) is 0 Å². The Morgan fingerprint density at radius 1 is 1.13 bits per heavy atom. The van der Waals surface area contributed by atoms with E-state index < -0.39 is 0 Å². The van der Waals surface area contributed by atoms with Crippen LogP contribution in [-0.2, 0) is 11.2 Å². The van der Waals surface area contributed by atoms with E-state index in [0.29, 0.717) is 12.6 Å². The summed E-state index contributed by atoms with van der Waals surface area (Å²) in [5, 5.41) is 10.3. The summed E-state index contributed by atoms with van der Waals surface area (Å²) in [4.78, 5) is 2.42. The Morgan fingerprint density at radius 2 is 1.87 bits per heavy atom. The molecule has 1 saturated heterocycles. The second kappa shape index (κ2) is 9.38. The Morgan fingerprint density at radius 3 is 2.61 bits per heavy atom. The van der Waals surface area contributed by atoms with Gasteiger partial charge in [0.05, 0.1) is 12.7 Å². The van der Waals surface area contributed by atoms with Crippen LogP contribution < -0.4 is 0 Å². The first-order chi connectivity index (χ1) is 10.8. The summed E-state index contributed by atoms with van der Waals surface area (Å²) in [5.41, 5.74) is 1.26. The Labute approximate surface area is 153 Å². The molecule has 0 aromatic heterocycles. The topological polar surface area (TPSA) is 32.7 Å². The van der Waals surface area contributed by atoms with Crippen molar-refractivity contribution in [3.63, 3.8) is 0 Å². The number of hydrogen-bond acceptors (Lipinski definition) is 3. The van der Waals surface area contributed by atoms with E-state index >= 15 is 0 Å². The second-order valence-electron chi connectivity index (χ2n) is 6.49. The largest absolute Gasteiger partial charge is 0.389 e. The smallest absolute Gasteiger partial charge is 0.137 e. The molecule has 2 aliphatic rings. The highest BCUT2D eigenvalue weighted by atomic mass is 79.9. The van der Waals surface area contributed by atoms with Gasteiger partial charge < -0.3 is 9.84 Å². The predicted molar refractivity (Wildman–Crippen MR) is 99.0 cm³/mol. The van der Waals surface area contributed by atoms with Gasteiger partial charge in [-0.05, 0) is 37.3 Å². The molecular weight excluding hydrogens is 378 g/mol. The van der Waals surface area contributed by atoms with Gasteiger partial charge in [-0.25, -0.2) is 0 Å². The van der Waals surface area contributed by atoms with E-state index in [1.807, 2.05) is 6.07 Å². The standard InChI is InChI=1S/C18H26BrNO2.ClH/c19-16-9-5-4-6-14(16)11-13-22-18-17(21)10-12-20(18)15-7-2-1-3-8-15;/h4-6,9,15,17-18,21H,1-3,7-8,10-13H2;1H/t17?,18-;/m0./s1. The third-order valence-corrected chi connectivity index (χ3v) is 5.77. The predicted octanol–water partition coefficient (Wildman–Crippen LogP) is 4.16. The Hall–Kier alpha value is -0.130. The minimum absolute atomic E-state index is 0. The molecule has 1 unspecified atom stereocenters. The van der Waals surface area contributed by atoms with Crippen molar-refractivity contribution in [2.45, 2.75) is 63.3 Å². The lowest BCUT2D eigenvalue weighted by molar-refractivity contribution is -0.104. The van der Waals surface area contributed by atoms with Crippen LogP contribution in [0.4, 0.5) is 0 Å². The van der Waals surface area contributed by atoms with Crippen molar-refractivity contribution in [3.8, 4) is 0 Å². The molecule has 0 radical (unpaired) electrons. The van der Waals surface area contributed by atoms with E-state index in [9.17, 15) is 5.11 Å². The first-order valence-corrected chi connectivity index (χ1v) is 9.34. The van der Waals surface area contributed by atoms with E-state index in [2.05, 4.69) is 39.0 Å². The molecule has 23 heavy (non-hydrogen) atoms. The van der Waals surface area contributed by atoms with Gasteiger partial charge in [0.25, 0.3) is 0 Å². The zero-order chi connectivity index (χ0) is 15.4. The number of ether oxygens (including phenoxy) is 1. The number of benzene rings is 1. The first kappa shape index (κ1) is 19.2. The molecule has 2 fully saturated rings. The minimum Gasteiger partial charge on any atom is -0.389 e. The maximum Gasteiger partial charge on any atom is 0.137 e. The van der Waals surface area contributed by atoms with Crippen molar-refractivity contribution >= 4 is 28.3 Å². The van der Waals surface area contributed by atoms with E-state index in [1.54, 1.807) is 0 Å². The van der Waals surface area contributed by atoms with Crippen molar-refractivity contribution in [2.75, 3.05) is 13.2 Å². The van der Waals surface area contributed by atoms with Gasteiger partial charge in [-0.15, -0.1) is 12.4 Å². The van der Waals surface area contributed by atoms with E-state index in [1.165, 1.54) is 37.7 Å². The minimum atomic E-state index is -0.332. The van der Waals surface area contributed by atoms with Crippen LogP contribution in [0.25, 0.3) is 0 Å². The summed E-state index contributed by atoms with van der Waals surface area (Å²) < 4.78 is 7.23. The molecule has 3 rings (SSSR count). The van der Waals surface area contributed by atoms with Crippen molar-refractivity contribution in [2.24, 2.45) is 0 Å². The number of nitrogens with zero attached hydrogens (tertiary/aromatic N) is 1. The fraction of sp³-hybridized carbons (Fsp3) is 0.667. The maximum absolute atomic E-state index is 10.3. The second-order valence-corrected chi connectivity index (χ2v) is 7.34. The zero-order valence-electron chi connectivity index (χ0n) is 13.5. The number of hydrogen-bond donors (Lipinski definition) is 1. The van der Waals surface area contributed by atoms with Gasteiger partial charge in [-0.3, -0.25) is 4.90 Å². The first-order valence-electron chi connectivity index (χ1n) is 8.54. The maximum atomic E-state index is 10.3. The Balaban J connectivity index is 0.00000192. The molecule has 1 aliphatic heterocycles. The molecule has 1 N–H and O–H groups in total. The number of rotatable bonds is 5. The fourth-order valence-corrected chi connectivity index (χ4v) is 4.26. The number of aliphatic hydroxyl groups excluding tert-OH is 1. The number of likely N-dealkylation sites (tertiary alicyclic amines) is 1. The summed E-state index contributed by atoms with van der Waals surface area (Å²) in [6.07, 6.45) is 7.81. The van der Waals surface area contributed by atoms with Crippen LogP contribution in [0.1, 0.15) is 44.1 Å². The highest BCUT2D eigenvalue weighted by molar-refractivity contribution is 9.10. The number of aliphatic hydroxyl groups is 1. The van der Waals surface area contributed by atoms with E-state index in [-0.39, 0.29) is 24.7 Å². The van der Waals surface area contributed by atoms with Gasteiger partial charge in [0.2, 0.25) is 0 Å². The molecule has 0 bridgehead atoms. The van der Waals surface area contributed by atoms with E-state index in [0.717, 1.165) is 23.9 Å². The lowest BCUT2D eigenvalue weighted by Crippen LogP contribution is -2.45. The average molecular weight is 405 g/mol. The summed E-state index contributed by atoms with van der Waals surface area (Å²) >= 11 is 3.58. The van der Waals surface area contributed by atoms with Crippen molar-refractivity contribution in [1.82, 2.24) is 4.90 Å². The normalized spacial score (nSPS) is 26.2. The van der Waals surface area contributed by atoms with Gasteiger partial charge >= 0.3 is 0 Å². The summed E-state index contributed by atoms with van der Waals surface area (Å²) in [7, 11) is 0. The molecule has 2 atom stereocenters. The van der Waals surface area contributed by atoms with Gasteiger partial charge in [0.15, 0.2) is 0 Å². The van der Waals surface area contributed by atoms with Crippen LogP contribution in [0.15, 0.2) is 28.7 Å². The highest BCUT2D eigenvalue weighted by Crippen LogP contribution is 2.30. The molecular formula is C18H27BrClNO2. The lowest BCUT2D eigenvalue weighted by atomic mass is 9.94. The molecule has 1 heterocycles. The van der Waals surface area contributed by atoms with Crippen LogP contribution in [0.2, 0.25) is 0 Å². The van der Waals surface area contributed by atoms with Crippen molar-refractivity contribution in [1.29, 1.82) is 0 Å². The van der Waals surface area contributed by atoms with Crippen LogP contribution in [-0.4, -0.2) is 41.5 Å². The molecule has 1 aliphatic carbocycles. The summed E-state index contributed by atoms with van der Waals surface area (Å²) in [6, 6.07) is 8.88. The van der Waals surface area contributed by atoms with Crippen LogP contribution in [0.3, 0.4) is 0 Å². The van der Waals surface area contributed by atoms with Crippen molar-refractivity contribution in [3.05, 3.63) is 34.3 Å². The van der Waals surface area contributed by atoms with E-state index in [4.69, 9.17) is 4.74 Å². The lowest BCUT2D eigenvalue weighted by Gasteiger charge is -2.35. The Bertz CT molecular complexity index is 482. The molecule has 0 amide bonds. The SMILES string of the molecule is Cl.OC1CCN(C2CCCCC2)[C@H]1OCCc1ccccc1Br. The monoisotopic (exact) mass is 403 g/mol. The highest BCUT2D eigenvalue weighted by Gasteiger charge is 2.37.